The molecule has 2 aromatic rings. The van der Waals surface area contributed by atoms with Gasteiger partial charge in [-0.15, -0.1) is 11.8 Å². The normalized spacial score (nSPS) is 16.4. The Balaban J connectivity index is 0.00000129. The molecule has 0 aliphatic heterocycles. The Bertz CT molecular complexity index is 959. The number of benzene rings is 2. The Kier molecular flexibility index (Phi) is 11.9. The summed E-state index contributed by atoms with van der Waals surface area (Å²) in [6, 6.07) is 7.93. The smallest absolute Gasteiger partial charge is 0.167 e. The summed E-state index contributed by atoms with van der Waals surface area (Å²) >= 11 is 1.44. The SMILES string of the molecule is CC.CC.Cc1cc(C)c(C2=C(O)CC(C(C)CSc3ccc(F)c(F)c3)CC2=O)c(C)c1. The van der Waals surface area contributed by atoms with Crippen molar-refractivity contribution in [1.29, 1.82) is 0 Å². The number of aliphatic hydroxyl groups excluding tert-OH is 1. The topological polar surface area (TPSA) is 37.3 Å². The Morgan fingerprint density at radius 3 is 2.06 bits per heavy atom. The Morgan fingerprint density at radius 1 is 0.970 bits per heavy atom. The number of ketones is 1. The first-order valence-corrected chi connectivity index (χ1v) is 12.8. The molecule has 5 heteroatoms. The molecule has 1 N–H and O–H groups in total. The molecule has 1 aliphatic carbocycles. The van der Waals surface area contributed by atoms with Crippen molar-refractivity contribution in [3.8, 4) is 0 Å². The van der Waals surface area contributed by atoms with Crippen LogP contribution in [-0.2, 0) is 4.79 Å². The Labute approximate surface area is 202 Å². The van der Waals surface area contributed by atoms with E-state index in [1.54, 1.807) is 6.07 Å². The van der Waals surface area contributed by atoms with Gasteiger partial charge in [-0.25, -0.2) is 8.78 Å². The zero-order chi connectivity index (χ0) is 25.3. The summed E-state index contributed by atoms with van der Waals surface area (Å²) in [6.07, 6.45) is 0.832. The van der Waals surface area contributed by atoms with E-state index in [1.165, 1.54) is 17.8 Å². The number of hydrogen-bond donors (Lipinski definition) is 1. The minimum atomic E-state index is -0.857. The Morgan fingerprint density at radius 2 is 1.55 bits per heavy atom. The van der Waals surface area contributed by atoms with E-state index in [0.29, 0.717) is 29.1 Å². The maximum Gasteiger partial charge on any atom is 0.167 e. The number of allylic oxidation sites excluding steroid dienone is 2. The van der Waals surface area contributed by atoms with Crippen molar-refractivity contribution in [3.05, 3.63) is 70.0 Å². The maximum atomic E-state index is 13.4. The van der Waals surface area contributed by atoms with E-state index in [-0.39, 0.29) is 23.4 Å². The minimum absolute atomic E-state index is 0.0232. The van der Waals surface area contributed by atoms with Crippen LogP contribution >= 0.6 is 11.8 Å². The average Bonchev–Trinajstić information content (AvgIpc) is 2.78. The quantitative estimate of drug-likeness (QED) is 0.439. The van der Waals surface area contributed by atoms with Gasteiger partial charge in [-0.05, 0) is 67.5 Å². The van der Waals surface area contributed by atoms with E-state index in [0.717, 1.165) is 28.3 Å². The van der Waals surface area contributed by atoms with Crippen LogP contribution in [0.15, 0.2) is 41.0 Å². The second-order valence-corrected chi connectivity index (χ2v) is 9.14. The lowest BCUT2D eigenvalue weighted by Crippen LogP contribution is -2.25. The predicted octanol–water partition coefficient (Wildman–Crippen LogP) is 8.62. The largest absolute Gasteiger partial charge is 0.512 e. The van der Waals surface area contributed by atoms with Gasteiger partial charge in [0, 0.05) is 23.5 Å². The van der Waals surface area contributed by atoms with Gasteiger partial charge in [0.25, 0.3) is 0 Å². The first kappa shape index (κ1) is 28.9. The summed E-state index contributed by atoms with van der Waals surface area (Å²) < 4.78 is 26.5. The van der Waals surface area contributed by atoms with Crippen LogP contribution in [0.3, 0.4) is 0 Å². The molecule has 0 aromatic heterocycles. The number of halogens is 2. The second kappa shape index (κ2) is 13.5. The first-order chi connectivity index (χ1) is 15.7. The molecule has 182 valence electrons. The molecule has 2 aromatic carbocycles. The van der Waals surface area contributed by atoms with Crippen LogP contribution in [0.25, 0.3) is 5.57 Å². The molecule has 0 bridgehead atoms. The molecule has 33 heavy (non-hydrogen) atoms. The highest BCUT2D eigenvalue weighted by Gasteiger charge is 2.32. The van der Waals surface area contributed by atoms with Gasteiger partial charge >= 0.3 is 0 Å². The fourth-order valence-electron chi connectivity index (χ4n) is 4.11. The standard InChI is InChI=1S/C24H26F2O2S.2C2H6/c1-13-7-14(2)23(15(3)8-13)24-21(27)9-17(10-22(24)28)16(4)12-29-18-5-6-19(25)20(26)11-18;2*1-2/h5-8,11,16-17,27H,9-10,12H2,1-4H3;2*1-2H3. The van der Waals surface area contributed by atoms with Crippen LogP contribution in [0.5, 0.6) is 0 Å². The lowest BCUT2D eigenvalue weighted by molar-refractivity contribution is -0.115. The molecule has 0 radical (unpaired) electrons. The fourth-order valence-corrected chi connectivity index (χ4v) is 5.19. The number of hydrogen-bond acceptors (Lipinski definition) is 3. The molecule has 2 atom stereocenters. The number of carbonyl (C=O) groups excluding carboxylic acids is 1. The number of aliphatic hydroxyl groups is 1. The van der Waals surface area contributed by atoms with Crippen molar-refractivity contribution in [1.82, 2.24) is 0 Å². The first-order valence-electron chi connectivity index (χ1n) is 11.8. The lowest BCUT2D eigenvalue weighted by Gasteiger charge is -2.29. The van der Waals surface area contributed by atoms with Crippen LogP contribution in [0.2, 0.25) is 0 Å². The molecule has 2 nitrogen and oxygen atoms in total. The molecule has 0 saturated carbocycles. The highest BCUT2D eigenvalue weighted by atomic mass is 32.2. The van der Waals surface area contributed by atoms with Gasteiger partial charge < -0.3 is 5.11 Å². The van der Waals surface area contributed by atoms with E-state index in [2.05, 4.69) is 0 Å². The summed E-state index contributed by atoms with van der Waals surface area (Å²) in [6.45, 7) is 16.0. The maximum absolute atomic E-state index is 13.4. The molecule has 0 spiro atoms. The van der Waals surface area contributed by atoms with Gasteiger partial charge in [-0.1, -0.05) is 52.3 Å². The molecule has 0 saturated heterocycles. The number of rotatable bonds is 5. The molecule has 2 unspecified atom stereocenters. The summed E-state index contributed by atoms with van der Waals surface area (Å²) in [7, 11) is 0. The van der Waals surface area contributed by atoms with Gasteiger partial charge in [-0.3, -0.25) is 4.79 Å². The Hall–Kier alpha value is -2.14. The highest BCUT2D eigenvalue weighted by Crippen LogP contribution is 2.39. The predicted molar refractivity (Wildman–Crippen MR) is 137 cm³/mol. The molecular weight excluding hydrogens is 438 g/mol. The van der Waals surface area contributed by atoms with E-state index < -0.39 is 11.6 Å². The fraction of sp³-hybridized carbons (Fsp3) is 0.464. The van der Waals surface area contributed by atoms with Crippen molar-refractivity contribution in [2.24, 2.45) is 11.8 Å². The summed E-state index contributed by atoms with van der Waals surface area (Å²) in [5.74, 6) is -0.761. The van der Waals surface area contributed by atoms with Crippen molar-refractivity contribution in [2.45, 2.75) is 73.1 Å². The third-order valence-electron chi connectivity index (χ3n) is 5.61. The van der Waals surface area contributed by atoms with E-state index in [9.17, 15) is 18.7 Å². The van der Waals surface area contributed by atoms with Gasteiger partial charge in [0.05, 0.1) is 5.57 Å². The van der Waals surface area contributed by atoms with Crippen LogP contribution in [0.4, 0.5) is 8.78 Å². The molecule has 0 amide bonds. The third kappa shape index (κ3) is 7.43. The monoisotopic (exact) mass is 476 g/mol. The van der Waals surface area contributed by atoms with Crippen LogP contribution in [-0.4, -0.2) is 16.6 Å². The second-order valence-electron chi connectivity index (χ2n) is 8.05. The van der Waals surface area contributed by atoms with Crippen molar-refractivity contribution < 1.29 is 18.7 Å². The van der Waals surface area contributed by atoms with Crippen LogP contribution < -0.4 is 0 Å². The van der Waals surface area contributed by atoms with Gasteiger partial charge in [0.1, 0.15) is 5.76 Å². The highest BCUT2D eigenvalue weighted by molar-refractivity contribution is 7.99. The van der Waals surface area contributed by atoms with Gasteiger partial charge in [-0.2, -0.15) is 0 Å². The van der Waals surface area contributed by atoms with Gasteiger partial charge in [0.15, 0.2) is 17.4 Å². The molecule has 1 aliphatic rings. The summed E-state index contributed by atoms with van der Waals surface area (Å²) in [5.41, 5.74) is 4.43. The minimum Gasteiger partial charge on any atom is -0.512 e. The zero-order valence-corrected chi connectivity index (χ0v) is 22.0. The number of aryl methyl sites for hydroxylation is 3. The van der Waals surface area contributed by atoms with Crippen molar-refractivity contribution in [2.75, 3.05) is 5.75 Å². The number of thioether (sulfide) groups is 1. The van der Waals surface area contributed by atoms with Gasteiger partial charge in [0.2, 0.25) is 0 Å². The van der Waals surface area contributed by atoms with Crippen LogP contribution in [0.1, 0.15) is 69.7 Å². The van der Waals surface area contributed by atoms with Crippen molar-refractivity contribution >= 4 is 23.1 Å². The van der Waals surface area contributed by atoms with E-state index in [1.807, 2.05) is 67.5 Å². The third-order valence-corrected chi connectivity index (χ3v) is 6.89. The summed E-state index contributed by atoms with van der Waals surface area (Å²) in [5, 5.41) is 10.7. The number of carbonyl (C=O) groups is 1. The van der Waals surface area contributed by atoms with E-state index in [4.69, 9.17) is 0 Å². The number of Topliss-reactive ketones (excluding diaryl/α,β-unsaturated/α-hetero) is 1. The van der Waals surface area contributed by atoms with E-state index >= 15 is 0 Å². The molecule has 3 rings (SSSR count). The lowest BCUT2D eigenvalue weighted by atomic mass is 9.77. The van der Waals surface area contributed by atoms with Crippen LogP contribution in [0, 0.1) is 44.2 Å². The molecule has 0 fully saturated rings. The summed E-state index contributed by atoms with van der Waals surface area (Å²) in [4.78, 5) is 13.6. The average molecular weight is 477 g/mol. The van der Waals surface area contributed by atoms with Crippen molar-refractivity contribution in [3.63, 3.8) is 0 Å². The molecule has 0 heterocycles. The molecular formula is C28H38F2O2S. The zero-order valence-electron chi connectivity index (χ0n) is 21.2.